The molecule has 0 aliphatic heterocycles. The maximum atomic E-state index is 11.3. The molecule has 0 amide bonds. The summed E-state index contributed by atoms with van der Waals surface area (Å²) in [5.74, 6) is 0. The fourth-order valence-electron chi connectivity index (χ4n) is 1.30. The van der Waals surface area contributed by atoms with Gasteiger partial charge in [0, 0.05) is 0 Å². The summed E-state index contributed by atoms with van der Waals surface area (Å²) in [5, 5.41) is 0. The zero-order valence-electron chi connectivity index (χ0n) is 14.5. The van der Waals surface area contributed by atoms with Gasteiger partial charge in [0.05, 0.1) is 0 Å². The van der Waals surface area contributed by atoms with Crippen molar-refractivity contribution in [1.29, 1.82) is 0 Å². The van der Waals surface area contributed by atoms with Gasteiger partial charge in [-0.1, -0.05) is 41.5 Å². The molecule has 3 nitrogen and oxygen atoms in total. The van der Waals surface area contributed by atoms with Crippen LogP contribution in [0.5, 0.6) is 0 Å². The van der Waals surface area contributed by atoms with Crippen LogP contribution in [0.2, 0.25) is 0 Å². The van der Waals surface area contributed by atoms with Crippen LogP contribution in [0.1, 0.15) is 47.1 Å². The van der Waals surface area contributed by atoms with Gasteiger partial charge in [-0.25, -0.2) is 0 Å². The summed E-state index contributed by atoms with van der Waals surface area (Å²) in [7, 11) is 3.43. The quantitative estimate of drug-likeness (QED) is 0.392. The van der Waals surface area contributed by atoms with Crippen LogP contribution >= 0.6 is 0 Å². The van der Waals surface area contributed by atoms with E-state index in [1.165, 1.54) is 19.4 Å². The van der Waals surface area contributed by atoms with Crippen LogP contribution < -0.4 is 15.8 Å². The summed E-state index contributed by atoms with van der Waals surface area (Å²) >= 11 is 1.30. The normalized spacial score (nSPS) is 8.57. The first-order valence-corrected chi connectivity index (χ1v) is 8.95. The van der Waals surface area contributed by atoms with Crippen molar-refractivity contribution in [3.05, 3.63) is 44.7 Å². The van der Waals surface area contributed by atoms with Crippen molar-refractivity contribution >= 4 is 15.7 Å². The van der Waals surface area contributed by atoms with Gasteiger partial charge in [-0.2, -0.15) is 0 Å². The minimum atomic E-state index is -0.496. The summed E-state index contributed by atoms with van der Waals surface area (Å²) < 4.78 is 1.88. The molecule has 0 aromatic heterocycles. The van der Waals surface area contributed by atoms with Crippen molar-refractivity contribution in [2.24, 2.45) is 0 Å². The van der Waals surface area contributed by atoms with Crippen LogP contribution in [0.25, 0.3) is 5.57 Å². The Morgan fingerprint density at radius 2 is 1.43 bits per heavy atom. The molecule has 120 valence electrons. The monoisotopic (exact) mass is 462 g/mol. The number of anilines is 1. The molecule has 0 bridgehead atoms. The molecule has 21 heavy (non-hydrogen) atoms. The van der Waals surface area contributed by atoms with E-state index in [9.17, 15) is 9.59 Å². The molecule has 0 aliphatic rings. The molecule has 1 rings (SSSR count). The van der Waals surface area contributed by atoms with E-state index in [1.807, 2.05) is 45.9 Å². The molecule has 0 heterocycles. The van der Waals surface area contributed by atoms with Crippen molar-refractivity contribution in [3.8, 4) is 0 Å². The zero-order chi connectivity index (χ0) is 17.6. The molecular formula is C17H28NO2W-. The topological polar surface area (TPSA) is 37.4 Å². The van der Waals surface area contributed by atoms with E-state index in [4.69, 9.17) is 6.58 Å². The van der Waals surface area contributed by atoms with Crippen LogP contribution in [0.15, 0.2) is 21.7 Å². The molecule has 1 aromatic rings. The Hall–Kier alpha value is -1.08. The standard InChI is InChI=1S/C11H10NO2.3C2H6.W/c1-5-6-7(2)8-9(12(3)4)11(14)10(8)13;3*1-2;/h1-2,5-6H,3-4H3;3*1-2H3;/q-1;;;;. The molecule has 0 saturated heterocycles. The molecule has 0 atom stereocenters. The first-order valence-electron chi connectivity index (χ1n) is 7.26. The second-order valence-electron chi connectivity index (χ2n) is 3.23. The van der Waals surface area contributed by atoms with Gasteiger partial charge >= 0.3 is 98.8 Å². The van der Waals surface area contributed by atoms with Crippen LogP contribution in [0.4, 0.5) is 5.69 Å². The van der Waals surface area contributed by atoms with E-state index in [0.717, 1.165) is 0 Å². The summed E-state index contributed by atoms with van der Waals surface area (Å²) in [4.78, 5) is 24.2. The van der Waals surface area contributed by atoms with Gasteiger partial charge in [0.2, 0.25) is 0 Å². The van der Waals surface area contributed by atoms with Gasteiger partial charge in [0.15, 0.2) is 0 Å². The molecule has 0 aliphatic carbocycles. The van der Waals surface area contributed by atoms with Crippen LogP contribution in [-0.4, -0.2) is 18.5 Å². The molecule has 0 unspecified atom stereocenters. The van der Waals surface area contributed by atoms with Crippen molar-refractivity contribution in [3.63, 3.8) is 0 Å². The van der Waals surface area contributed by atoms with Gasteiger partial charge in [-0.15, -0.1) is 0 Å². The number of allylic oxidation sites excluding steroid dienone is 3. The third kappa shape index (κ3) is 7.47. The molecule has 0 spiro atoms. The first kappa shape index (κ1) is 24.9. The van der Waals surface area contributed by atoms with E-state index in [-0.39, 0.29) is 0 Å². The average Bonchev–Trinajstić information content (AvgIpc) is 2.54. The second-order valence-corrected chi connectivity index (χ2v) is 4.20. The molecule has 0 N–H and O–H groups in total. The van der Waals surface area contributed by atoms with Gasteiger partial charge in [0.25, 0.3) is 0 Å². The van der Waals surface area contributed by atoms with Gasteiger partial charge in [-0.3, -0.25) is 0 Å². The Bertz CT molecular complexity index is 507. The van der Waals surface area contributed by atoms with Crippen LogP contribution in [0.3, 0.4) is 0 Å². The minimum absolute atomic E-state index is 0.332. The SMILES string of the molecule is CC.CC.CC.[CH-]=C(C=C[CH]=[W])c1c(N(C)C)c(=O)c1=O. The van der Waals surface area contributed by atoms with E-state index in [2.05, 4.69) is 0 Å². The Morgan fingerprint density at radius 3 is 1.76 bits per heavy atom. The number of hydrogen-bond acceptors (Lipinski definition) is 3. The fourth-order valence-corrected chi connectivity index (χ4v) is 1.58. The molecule has 4 heteroatoms. The third-order valence-corrected chi connectivity index (χ3v) is 2.54. The Balaban J connectivity index is -0.000000478. The molecule has 1 aromatic carbocycles. The van der Waals surface area contributed by atoms with Crippen LogP contribution in [-0.2, 0) is 19.4 Å². The second kappa shape index (κ2) is 15.3. The Morgan fingerprint density at radius 1 is 1.00 bits per heavy atom. The van der Waals surface area contributed by atoms with Crippen molar-refractivity contribution in [2.75, 3.05) is 19.0 Å². The molecular weight excluding hydrogens is 434 g/mol. The van der Waals surface area contributed by atoms with Gasteiger partial charge < -0.3 is 0 Å². The van der Waals surface area contributed by atoms with Crippen LogP contribution in [0, 0.1) is 6.58 Å². The molecule has 0 saturated carbocycles. The van der Waals surface area contributed by atoms with Gasteiger partial charge in [0.1, 0.15) is 0 Å². The first-order chi connectivity index (χ1) is 10.0. The molecule has 0 radical (unpaired) electrons. The number of rotatable bonds is 4. The van der Waals surface area contributed by atoms with Gasteiger partial charge in [-0.05, 0) is 0 Å². The third-order valence-electron chi connectivity index (χ3n) is 1.98. The average molecular weight is 462 g/mol. The Kier molecular flexibility index (Phi) is 18.2. The summed E-state index contributed by atoms with van der Waals surface area (Å²) in [5.41, 5.74) is 0.117. The van der Waals surface area contributed by atoms with E-state index in [0.29, 0.717) is 16.8 Å². The van der Waals surface area contributed by atoms with Crippen molar-refractivity contribution in [2.45, 2.75) is 41.5 Å². The van der Waals surface area contributed by atoms with Crippen molar-refractivity contribution < 1.29 is 19.4 Å². The van der Waals surface area contributed by atoms with E-state index < -0.39 is 10.9 Å². The number of hydrogen-bond donors (Lipinski definition) is 0. The summed E-state index contributed by atoms with van der Waals surface area (Å²) in [6.45, 7) is 17.7. The zero-order valence-corrected chi connectivity index (χ0v) is 17.4. The Labute approximate surface area is 140 Å². The van der Waals surface area contributed by atoms with E-state index in [1.54, 1.807) is 31.1 Å². The maximum absolute atomic E-state index is 11.3. The summed E-state index contributed by atoms with van der Waals surface area (Å²) in [6.07, 6.45) is 3.40. The number of nitrogens with zero attached hydrogens (tertiary/aromatic N) is 1. The predicted molar refractivity (Wildman–Crippen MR) is 92.6 cm³/mol. The predicted octanol–water partition coefficient (Wildman–Crippen LogP) is 3.15. The van der Waals surface area contributed by atoms with Crippen molar-refractivity contribution in [1.82, 2.24) is 0 Å². The summed E-state index contributed by atoms with van der Waals surface area (Å²) in [6, 6.07) is 0. The van der Waals surface area contributed by atoms with E-state index >= 15 is 0 Å². The fraction of sp³-hybridized carbons (Fsp3) is 0.471. The molecule has 0 fully saturated rings.